The van der Waals surface area contributed by atoms with E-state index in [1.165, 1.54) is 0 Å². The molecule has 1 amide bonds. The predicted octanol–water partition coefficient (Wildman–Crippen LogP) is 4.70. The smallest absolute Gasteiger partial charge is 0.258 e. The van der Waals surface area contributed by atoms with E-state index in [1.54, 1.807) is 30.6 Å². The lowest BCUT2D eigenvalue weighted by Crippen LogP contribution is -2.43. The maximum Gasteiger partial charge on any atom is 0.258 e. The summed E-state index contributed by atoms with van der Waals surface area (Å²) in [5, 5.41) is 12.8. The zero-order valence-corrected chi connectivity index (χ0v) is 19.2. The van der Waals surface area contributed by atoms with Crippen LogP contribution in [0.5, 0.6) is 17.4 Å². The van der Waals surface area contributed by atoms with Crippen LogP contribution >= 0.6 is 0 Å². The number of H-pyrrole nitrogens is 1. The predicted molar refractivity (Wildman–Crippen MR) is 129 cm³/mol. The molecular formula is C25H26N6O3. The van der Waals surface area contributed by atoms with Crippen molar-refractivity contribution in [2.45, 2.75) is 26.3 Å². The molecule has 0 radical (unpaired) electrons. The quantitative estimate of drug-likeness (QED) is 0.351. The van der Waals surface area contributed by atoms with Gasteiger partial charge in [-0.15, -0.1) is 0 Å². The van der Waals surface area contributed by atoms with E-state index in [4.69, 9.17) is 9.47 Å². The number of amides is 1. The number of nitrogens with zero attached hydrogens (tertiary/aromatic N) is 3. The average molecular weight is 459 g/mol. The van der Waals surface area contributed by atoms with E-state index in [9.17, 15) is 4.79 Å². The third-order valence-electron chi connectivity index (χ3n) is 4.42. The SMILES string of the molecule is CC(C)(C)NC(=O)COc1cccc(-c2nc(Nc3cn[nH]c3)cc(Oc3ccccc3)n2)c1. The molecule has 4 aromatic rings. The maximum atomic E-state index is 12.1. The van der Waals surface area contributed by atoms with Gasteiger partial charge in [0.1, 0.15) is 17.3 Å². The molecule has 9 nitrogen and oxygen atoms in total. The van der Waals surface area contributed by atoms with E-state index < -0.39 is 0 Å². The second-order valence-corrected chi connectivity index (χ2v) is 8.56. The first-order chi connectivity index (χ1) is 16.3. The van der Waals surface area contributed by atoms with Crippen molar-refractivity contribution >= 4 is 17.4 Å². The number of hydrogen-bond acceptors (Lipinski definition) is 7. The molecule has 0 atom stereocenters. The number of aromatic nitrogens is 4. The van der Waals surface area contributed by atoms with Gasteiger partial charge in [-0.25, -0.2) is 4.98 Å². The first-order valence-corrected chi connectivity index (χ1v) is 10.8. The molecule has 0 saturated heterocycles. The Morgan fingerprint density at radius 1 is 1.00 bits per heavy atom. The van der Waals surface area contributed by atoms with Gasteiger partial charge in [-0.05, 0) is 45.0 Å². The zero-order chi connectivity index (χ0) is 24.0. The normalized spacial score (nSPS) is 11.0. The lowest BCUT2D eigenvalue weighted by atomic mass is 10.1. The number of hydrogen-bond donors (Lipinski definition) is 3. The molecule has 0 spiro atoms. The minimum absolute atomic E-state index is 0.0912. The van der Waals surface area contributed by atoms with E-state index in [1.807, 2.05) is 63.2 Å². The van der Waals surface area contributed by atoms with E-state index in [2.05, 4.69) is 30.8 Å². The van der Waals surface area contributed by atoms with Crippen molar-refractivity contribution in [3.05, 3.63) is 73.1 Å². The molecule has 0 bridgehead atoms. The van der Waals surface area contributed by atoms with Crippen LogP contribution in [0.25, 0.3) is 11.4 Å². The third-order valence-corrected chi connectivity index (χ3v) is 4.42. The molecule has 0 unspecified atom stereocenters. The van der Waals surface area contributed by atoms with Crippen LogP contribution in [-0.2, 0) is 4.79 Å². The number of para-hydroxylation sites is 1. The summed E-state index contributed by atoms with van der Waals surface area (Å²) in [6, 6.07) is 18.4. The molecule has 0 aliphatic heterocycles. The molecule has 34 heavy (non-hydrogen) atoms. The Morgan fingerprint density at radius 3 is 2.53 bits per heavy atom. The van der Waals surface area contributed by atoms with Gasteiger partial charge >= 0.3 is 0 Å². The summed E-state index contributed by atoms with van der Waals surface area (Å²) in [6.45, 7) is 5.67. The highest BCUT2D eigenvalue weighted by atomic mass is 16.5. The zero-order valence-electron chi connectivity index (χ0n) is 19.2. The van der Waals surface area contributed by atoms with Crippen LogP contribution in [0.3, 0.4) is 0 Å². The van der Waals surface area contributed by atoms with Gasteiger partial charge in [0.25, 0.3) is 5.91 Å². The summed E-state index contributed by atoms with van der Waals surface area (Å²) in [4.78, 5) is 21.3. The Balaban J connectivity index is 1.58. The minimum atomic E-state index is -0.326. The number of ether oxygens (including phenoxy) is 2. The molecule has 0 aliphatic carbocycles. The van der Waals surface area contributed by atoms with Crippen molar-refractivity contribution in [1.82, 2.24) is 25.5 Å². The van der Waals surface area contributed by atoms with Crippen molar-refractivity contribution < 1.29 is 14.3 Å². The molecule has 2 heterocycles. The van der Waals surface area contributed by atoms with Gasteiger partial charge in [0.2, 0.25) is 5.88 Å². The van der Waals surface area contributed by atoms with Gasteiger partial charge in [0, 0.05) is 23.4 Å². The van der Waals surface area contributed by atoms with Crippen molar-refractivity contribution in [3.63, 3.8) is 0 Å². The Kier molecular flexibility index (Phi) is 6.72. The molecule has 0 saturated carbocycles. The summed E-state index contributed by atoms with van der Waals surface area (Å²) in [7, 11) is 0. The summed E-state index contributed by atoms with van der Waals surface area (Å²) in [6.07, 6.45) is 3.37. The lowest BCUT2D eigenvalue weighted by Gasteiger charge is -2.20. The van der Waals surface area contributed by atoms with Crippen molar-refractivity contribution in [2.24, 2.45) is 0 Å². The fraction of sp³-hybridized carbons (Fsp3) is 0.200. The fourth-order valence-electron chi connectivity index (χ4n) is 3.08. The van der Waals surface area contributed by atoms with Crippen LogP contribution in [0.2, 0.25) is 0 Å². The topological polar surface area (TPSA) is 114 Å². The second kappa shape index (κ2) is 10.0. The Bertz CT molecular complexity index is 1240. The van der Waals surface area contributed by atoms with E-state index >= 15 is 0 Å². The summed E-state index contributed by atoms with van der Waals surface area (Å²) >= 11 is 0. The van der Waals surface area contributed by atoms with Crippen molar-refractivity contribution in [2.75, 3.05) is 11.9 Å². The van der Waals surface area contributed by atoms with Crippen molar-refractivity contribution in [3.8, 4) is 28.8 Å². The Morgan fingerprint density at radius 2 is 1.79 bits per heavy atom. The first-order valence-electron chi connectivity index (χ1n) is 10.8. The molecule has 2 aromatic carbocycles. The van der Waals surface area contributed by atoms with Gasteiger partial charge < -0.3 is 20.1 Å². The van der Waals surface area contributed by atoms with E-state index in [0.29, 0.717) is 34.6 Å². The average Bonchev–Trinajstić information content (AvgIpc) is 3.30. The summed E-state index contributed by atoms with van der Waals surface area (Å²) in [5.74, 6) is 2.33. The number of anilines is 2. The van der Waals surface area contributed by atoms with Crippen molar-refractivity contribution in [1.29, 1.82) is 0 Å². The second-order valence-electron chi connectivity index (χ2n) is 8.56. The number of benzene rings is 2. The van der Waals surface area contributed by atoms with Crippen LogP contribution in [-0.4, -0.2) is 38.2 Å². The Labute approximate surface area is 197 Å². The number of carbonyl (C=O) groups excluding carboxylic acids is 1. The number of aromatic amines is 1. The molecule has 174 valence electrons. The monoisotopic (exact) mass is 458 g/mol. The van der Waals surface area contributed by atoms with E-state index in [0.717, 1.165) is 5.69 Å². The summed E-state index contributed by atoms with van der Waals surface area (Å²) < 4.78 is 11.6. The van der Waals surface area contributed by atoms with Crippen LogP contribution in [0.15, 0.2) is 73.1 Å². The van der Waals surface area contributed by atoms with E-state index in [-0.39, 0.29) is 18.1 Å². The van der Waals surface area contributed by atoms with Gasteiger partial charge in [-0.2, -0.15) is 10.1 Å². The largest absolute Gasteiger partial charge is 0.484 e. The highest BCUT2D eigenvalue weighted by Gasteiger charge is 2.15. The lowest BCUT2D eigenvalue weighted by molar-refractivity contribution is -0.124. The number of carbonyl (C=O) groups is 1. The highest BCUT2D eigenvalue weighted by Crippen LogP contribution is 2.28. The molecular weight excluding hydrogens is 432 g/mol. The van der Waals surface area contributed by atoms with Gasteiger partial charge in [-0.1, -0.05) is 30.3 Å². The first kappa shape index (κ1) is 22.8. The van der Waals surface area contributed by atoms with Crippen LogP contribution in [0.1, 0.15) is 20.8 Å². The number of nitrogens with one attached hydrogen (secondary N) is 3. The molecule has 0 fully saturated rings. The van der Waals surface area contributed by atoms with Gasteiger partial charge in [0.05, 0.1) is 11.9 Å². The molecule has 3 N–H and O–H groups in total. The van der Waals surface area contributed by atoms with Crippen LogP contribution in [0.4, 0.5) is 11.5 Å². The molecule has 0 aliphatic rings. The third kappa shape index (κ3) is 6.55. The minimum Gasteiger partial charge on any atom is -0.484 e. The molecule has 4 rings (SSSR count). The summed E-state index contributed by atoms with van der Waals surface area (Å²) in [5.41, 5.74) is 1.13. The highest BCUT2D eigenvalue weighted by molar-refractivity contribution is 5.78. The van der Waals surface area contributed by atoms with Crippen LogP contribution < -0.4 is 20.1 Å². The van der Waals surface area contributed by atoms with Gasteiger partial charge in [-0.3, -0.25) is 9.89 Å². The number of rotatable bonds is 8. The molecule has 2 aromatic heterocycles. The fourth-order valence-corrected chi connectivity index (χ4v) is 3.08. The maximum absolute atomic E-state index is 12.1. The Hall–Kier alpha value is -4.40. The van der Waals surface area contributed by atoms with Crippen LogP contribution in [0, 0.1) is 0 Å². The van der Waals surface area contributed by atoms with Gasteiger partial charge in [0.15, 0.2) is 12.4 Å². The molecule has 9 heteroatoms. The standard InChI is InChI=1S/C25H26N6O3/c1-25(2,3)31-22(32)16-33-20-11-7-8-17(12-20)24-29-21(28-18-14-26-27-15-18)13-23(30-24)34-19-9-5-4-6-10-19/h4-15H,16H2,1-3H3,(H,26,27)(H,31,32)(H,28,29,30).